The van der Waals surface area contributed by atoms with Gasteiger partial charge in [0.2, 0.25) is 6.08 Å². The zero-order valence-corrected chi connectivity index (χ0v) is 7.51. The van der Waals surface area contributed by atoms with E-state index in [0.29, 0.717) is 11.6 Å². The molecular formula is C10H6ClNO. The Labute approximate surface area is 81.3 Å². The zero-order valence-electron chi connectivity index (χ0n) is 6.75. The molecule has 0 atom stereocenters. The molecule has 1 aromatic rings. The summed E-state index contributed by atoms with van der Waals surface area (Å²) in [6.07, 6.45) is 1.46. The lowest BCUT2D eigenvalue weighted by Gasteiger charge is -1.90. The molecule has 0 spiro atoms. The number of benzene rings is 1. The van der Waals surface area contributed by atoms with E-state index >= 15 is 0 Å². The summed E-state index contributed by atoms with van der Waals surface area (Å²) in [5.74, 6) is 5.88. The largest absolute Gasteiger partial charge is 0.240 e. The molecule has 1 aromatic carbocycles. The standard InChI is InChI=1S/C10H6ClNO/c11-7-1-2-9-3-5-10(6-4-9)12-8-13/h3-6H,7H2. The van der Waals surface area contributed by atoms with Crippen LogP contribution in [0.15, 0.2) is 29.3 Å². The molecule has 1 rings (SSSR count). The molecule has 0 saturated heterocycles. The van der Waals surface area contributed by atoms with Crippen LogP contribution in [0.2, 0.25) is 0 Å². The second kappa shape index (κ2) is 5.16. The number of isocyanates is 1. The topological polar surface area (TPSA) is 29.4 Å². The van der Waals surface area contributed by atoms with E-state index < -0.39 is 0 Å². The second-order valence-electron chi connectivity index (χ2n) is 2.19. The number of alkyl halides is 1. The number of aliphatic imine (C=N–C) groups is 1. The van der Waals surface area contributed by atoms with Crippen molar-refractivity contribution in [3.63, 3.8) is 0 Å². The van der Waals surface area contributed by atoms with Crippen molar-refractivity contribution < 1.29 is 4.79 Å². The summed E-state index contributed by atoms with van der Waals surface area (Å²) in [5, 5.41) is 0. The van der Waals surface area contributed by atoms with Gasteiger partial charge in [0.15, 0.2) is 0 Å². The van der Waals surface area contributed by atoms with Crippen LogP contribution in [-0.2, 0) is 4.79 Å². The van der Waals surface area contributed by atoms with E-state index in [0.717, 1.165) is 5.56 Å². The van der Waals surface area contributed by atoms with Gasteiger partial charge >= 0.3 is 0 Å². The van der Waals surface area contributed by atoms with Gasteiger partial charge in [0.05, 0.1) is 11.6 Å². The maximum Gasteiger partial charge on any atom is 0.240 e. The van der Waals surface area contributed by atoms with Gasteiger partial charge < -0.3 is 0 Å². The zero-order chi connectivity index (χ0) is 9.52. The van der Waals surface area contributed by atoms with Gasteiger partial charge in [-0.05, 0) is 24.3 Å². The van der Waals surface area contributed by atoms with Gasteiger partial charge in [0.25, 0.3) is 0 Å². The normalized spacial score (nSPS) is 8.08. The van der Waals surface area contributed by atoms with Crippen LogP contribution in [-0.4, -0.2) is 12.0 Å². The van der Waals surface area contributed by atoms with Crippen molar-refractivity contribution in [3.8, 4) is 11.8 Å². The van der Waals surface area contributed by atoms with E-state index in [1.165, 1.54) is 6.08 Å². The lowest BCUT2D eigenvalue weighted by atomic mass is 10.2. The molecule has 0 unspecified atom stereocenters. The Hall–Kier alpha value is -1.55. The molecule has 0 fully saturated rings. The Balaban J connectivity index is 2.87. The first-order valence-corrected chi connectivity index (χ1v) is 4.13. The molecule has 13 heavy (non-hydrogen) atoms. The maximum absolute atomic E-state index is 9.89. The third-order valence-corrected chi connectivity index (χ3v) is 1.48. The molecule has 0 amide bonds. The first-order valence-electron chi connectivity index (χ1n) is 3.59. The number of carbonyl (C=O) groups excluding carboxylic acids is 1. The van der Waals surface area contributed by atoms with E-state index in [1.807, 2.05) is 0 Å². The van der Waals surface area contributed by atoms with Gasteiger partial charge in [0, 0.05) is 5.56 Å². The molecule has 0 aromatic heterocycles. The van der Waals surface area contributed by atoms with E-state index in [1.54, 1.807) is 24.3 Å². The summed E-state index contributed by atoms with van der Waals surface area (Å²) in [6, 6.07) is 6.94. The van der Waals surface area contributed by atoms with Crippen molar-refractivity contribution in [2.75, 3.05) is 5.88 Å². The molecule has 0 aliphatic rings. The molecular weight excluding hydrogens is 186 g/mol. The van der Waals surface area contributed by atoms with Crippen LogP contribution in [0.25, 0.3) is 0 Å². The molecule has 0 heterocycles. The van der Waals surface area contributed by atoms with Crippen molar-refractivity contribution in [1.29, 1.82) is 0 Å². The molecule has 0 radical (unpaired) electrons. The van der Waals surface area contributed by atoms with Crippen LogP contribution in [0.3, 0.4) is 0 Å². The minimum atomic E-state index is 0.314. The molecule has 0 saturated carbocycles. The lowest BCUT2D eigenvalue weighted by molar-refractivity contribution is 0.565. The van der Waals surface area contributed by atoms with Crippen LogP contribution in [0.4, 0.5) is 5.69 Å². The highest BCUT2D eigenvalue weighted by molar-refractivity contribution is 6.19. The fourth-order valence-corrected chi connectivity index (χ4v) is 0.874. The Morgan fingerprint density at radius 1 is 1.31 bits per heavy atom. The van der Waals surface area contributed by atoms with Gasteiger partial charge in [-0.25, -0.2) is 4.79 Å². The first-order chi connectivity index (χ1) is 6.36. The summed E-state index contributed by atoms with van der Waals surface area (Å²) >= 11 is 5.39. The van der Waals surface area contributed by atoms with Gasteiger partial charge in [-0.1, -0.05) is 11.8 Å². The Morgan fingerprint density at radius 3 is 2.54 bits per heavy atom. The Kier molecular flexibility index (Phi) is 3.78. The number of halogens is 1. The number of nitrogens with zero attached hydrogens (tertiary/aromatic N) is 1. The summed E-state index contributed by atoms with van der Waals surface area (Å²) in [7, 11) is 0. The average molecular weight is 192 g/mol. The van der Waals surface area contributed by atoms with E-state index in [2.05, 4.69) is 16.8 Å². The minimum absolute atomic E-state index is 0.314. The molecule has 2 nitrogen and oxygen atoms in total. The predicted octanol–water partition coefficient (Wildman–Crippen LogP) is 2.24. The fourth-order valence-electron chi connectivity index (χ4n) is 0.807. The van der Waals surface area contributed by atoms with Crippen LogP contribution in [0.1, 0.15) is 5.56 Å². The van der Waals surface area contributed by atoms with Crippen LogP contribution < -0.4 is 0 Å². The average Bonchev–Trinajstić information content (AvgIpc) is 2.17. The minimum Gasteiger partial charge on any atom is -0.211 e. The van der Waals surface area contributed by atoms with Crippen molar-refractivity contribution in [1.82, 2.24) is 0 Å². The summed E-state index contributed by atoms with van der Waals surface area (Å²) in [6.45, 7) is 0. The van der Waals surface area contributed by atoms with Gasteiger partial charge in [-0.3, -0.25) is 0 Å². The quantitative estimate of drug-likeness (QED) is 0.290. The smallest absolute Gasteiger partial charge is 0.211 e. The summed E-state index contributed by atoms with van der Waals surface area (Å²) < 4.78 is 0. The number of rotatable bonds is 1. The van der Waals surface area contributed by atoms with Gasteiger partial charge in [-0.15, -0.1) is 11.6 Å². The van der Waals surface area contributed by atoms with Crippen molar-refractivity contribution in [2.45, 2.75) is 0 Å². The predicted molar refractivity (Wildman–Crippen MR) is 51.8 cm³/mol. The molecule has 64 valence electrons. The van der Waals surface area contributed by atoms with Crippen molar-refractivity contribution in [2.24, 2.45) is 4.99 Å². The van der Waals surface area contributed by atoms with Crippen LogP contribution in [0, 0.1) is 11.8 Å². The lowest BCUT2D eigenvalue weighted by Crippen LogP contribution is -1.72. The summed E-state index contributed by atoms with van der Waals surface area (Å²) in [5.41, 5.74) is 1.43. The van der Waals surface area contributed by atoms with Gasteiger partial charge in [-0.2, -0.15) is 4.99 Å². The molecule has 0 aliphatic heterocycles. The molecule has 3 heteroatoms. The maximum atomic E-state index is 9.89. The second-order valence-corrected chi connectivity index (χ2v) is 2.45. The Bertz CT molecular complexity index is 380. The van der Waals surface area contributed by atoms with E-state index in [4.69, 9.17) is 11.6 Å². The first kappa shape index (κ1) is 9.54. The highest BCUT2D eigenvalue weighted by atomic mass is 35.5. The fraction of sp³-hybridized carbons (Fsp3) is 0.100. The monoisotopic (exact) mass is 191 g/mol. The Morgan fingerprint density at radius 2 is 2.00 bits per heavy atom. The third-order valence-electron chi connectivity index (χ3n) is 1.34. The van der Waals surface area contributed by atoms with E-state index in [9.17, 15) is 4.79 Å². The highest BCUT2D eigenvalue weighted by Crippen LogP contribution is 2.10. The van der Waals surface area contributed by atoms with Crippen LogP contribution >= 0.6 is 11.6 Å². The molecule has 0 aliphatic carbocycles. The molecule has 0 N–H and O–H groups in total. The van der Waals surface area contributed by atoms with Crippen LogP contribution in [0.5, 0.6) is 0 Å². The third kappa shape index (κ3) is 3.13. The van der Waals surface area contributed by atoms with Gasteiger partial charge in [0.1, 0.15) is 0 Å². The molecule has 0 bridgehead atoms. The summed E-state index contributed by atoms with van der Waals surface area (Å²) in [4.78, 5) is 13.3. The SMILES string of the molecule is O=C=Nc1ccc(C#CCCl)cc1. The van der Waals surface area contributed by atoms with Crippen molar-refractivity contribution >= 4 is 23.4 Å². The number of hydrogen-bond acceptors (Lipinski definition) is 2. The highest BCUT2D eigenvalue weighted by Gasteiger charge is 1.88. The number of hydrogen-bond donors (Lipinski definition) is 0. The van der Waals surface area contributed by atoms with E-state index in [-0.39, 0.29) is 0 Å². The van der Waals surface area contributed by atoms with Crippen molar-refractivity contribution in [3.05, 3.63) is 29.8 Å².